The molecule has 0 aliphatic heterocycles. The van der Waals surface area contributed by atoms with E-state index >= 15 is 0 Å². The molecule has 0 aliphatic carbocycles. The maximum absolute atomic E-state index is 12.9. The van der Waals surface area contributed by atoms with Crippen molar-refractivity contribution in [1.29, 1.82) is 0 Å². The molecule has 7 nitrogen and oxygen atoms in total. The first-order valence-corrected chi connectivity index (χ1v) is 7.70. The van der Waals surface area contributed by atoms with Crippen molar-refractivity contribution in [3.05, 3.63) is 68.6 Å². The van der Waals surface area contributed by atoms with Crippen LogP contribution in [0.25, 0.3) is 11.3 Å². The first-order chi connectivity index (χ1) is 11.5. The summed E-state index contributed by atoms with van der Waals surface area (Å²) in [6, 6.07) is 7.00. The molecule has 3 rings (SSSR count). The first-order valence-electron chi connectivity index (χ1n) is 6.82. The van der Waals surface area contributed by atoms with Gasteiger partial charge < -0.3 is 5.32 Å². The van der Waals surface area contributed by atoms with Crippen molar-refractivity contribution in [2.24, 2.45) is 0 Å². The van der Waals surface area contributed by atoms with E-state index in [9.17, 15) is 18.8 Å². The zero-order valence-electron chi connectivity index (χ0n) is 12.2. The van der Waals surface area contributed by atoms with Gasteiger partial charge in [0.1, 0.15) is 12.4 Å². The number of aromatic nitrogens is 3. The zero-order chi connectivity index (χ0) is 17.1. The Labute approximate surface area is 138 Å². The third-order valence-corrected chi connectivity index (χ3v) is 3.86. The average molecular weight is 346 g/mol. The van der Waals surface area contributed by atoms with Gasteiger partial charge in [-0.15, -0.1) is 11.3 Å². The number of hydrogen-bond donors (Lipinski definition) is 2. The van der Waals surface area contributed by atoms with Crippen molar-refractivity contribution >= 4 is 22.4 Å². The number of amides is 1. The van der Waals surface area contributed by atoms with Gasteiger partial charge in [0.2, 0.25) is 5.91 Å². The van der Waals surface area contributed by atoms with E-state index in [2.05, 4.69) is 15.3 Å². The summed E-state index contributed by atoms with van der Waals surface area (Å²) < 4.78 is 14.0. The Morgan fingerprint density at radius 2 is 2.00 bits per heavy atom. The molecule has 0 saturated carbocycles. The standard InChI is InChI=1S/C15H11FN4O3S/c16-10-3-1-9(2-4-10)11-8-24-14(17-11)18-13(22)7-20-6-5-12(21)19-15(20)23/h1-6,8H,7H2,(H,17,18,22)(H,19,21,23). The monoisotopic (exact) mass is 346 g/mol. The summed E-state index contributed by atoms with van der Waals surface area (Å²) in [4.78, 5) is 40.8. The fourth-order valence-corrected chi connectivity index (χ4v) is 2.70. The molecule has 0 fully saturated rings. The molecule has 0 bridgehead atoms. The number of thiazole rings is 1. The number of rotatable bonds is 4. The Bertz CT molecular complexity index is 991. The minimum atomic E-state index is -0.663. The molecule has 2 heterocycles. The zero-order valence-corrected chi connectivity index (χ0v) is 13.0. The SMILES string of the molecule is O=C(Cn1ccc(=O)[nH]c1=O)Nc1nc(-c2ccc(F)cc2)cs1. The van der Waals surface area contributed by atoms with Crippen LogP contribution in [0.15, 0.2) is 51.5 Å². The average Bonchev–Trinajstić information content (AvgIpc) is 2.99. The second-order valence-electron chi connectivity index (χ2n) is 4.83. The van der Waals surface area contributed by atoms with Crippen LogP contribution < -0.4 is 16.6 Å². The summed E-state index contributed by atoms with van der Waals surface area (Å²) in [6.07, 6.45) is 1.24. The molecule has 1 amide bonds. The Morgan fingerprint density at radius 3 is 2.71 bits per heavy atom. The molecule has 24 heavy (non-hydrogen) atoms. The predicted octanol–water partition coefficient (Wildman–Crippen LogP) is 1.44. The Balaban J connectivity index is 1.70. The lowest BCUT2D eigenvalue weighted by molar-refractivity contribution is -0.116. The molecule has 0 spiro atoms. The number of carbonyl (C=O) groups is 1. The molecule has 122 valence electrons. The number of aromatic amines is 1. The first kappa shape index (κ1) is 15.8. The molecular formula is C15H11FN4O3S. The van der Waals surface area contributed by atoms with Gasteiger partial charge in [-0.05, 0) is 24.3 Å². The van der Waals surface area contributed by atoms with Gasteiger partial charge in [-0.25, -0.2) is 14.2 Å². The molecule has 0 saturated heterocycles. The van der Waals surface area contributed by atoms with E-state index in [-0.39, 0.29) is 12.4 Å². The van der Waals surface area contributed by atoms with Crippen LogP contribution in [0.5, 0.6) is 0 Å². The van der Waals surface area contributed by atoms with Crippen molar-refractivity contribution in [3.8, 4) is 11.3 Å². The van der Waals surface area contributed by atoms with E-state index in [1.165, 1.54) is 29.7 Å². The quantitative estimate of drug-likeness (QED) is 0.747. The molecule has 0 atom stereocenters. The lowest BCUT2D eigenvalue weighted by Crippen LogP contribution is -2.32. The van der Waals surface area contributed by atoms with Crippen LogP contribution in [0.4, 0.5) is 9.52 Å². The molecule has 1 aromatic carbocycles. The number of anilines is 1. The number of carbonyl (C=O) groups excluding carboxylic acids is 1. The van der Waals surface area contributed by atoms with Crippen LogP contribution in [0.3, 0.4) is 0 Å². The minimum Gasteiger partial charge on any atom is -0.300 e. The maximum Gasteiger partial charge on any atom is 0.328 e. The highest BCUT2D eigenvalue weighted by atomic mass is 32.1. The van der Waals surface area contributed by atoms with E-state index in [0.29, 0.717) is 10.8 Å². The van der Waals surface area contributed by atoms with Crippen molar-refractivity contribution in [1.82, 2.24) is 14.5 Å². The number of H-pyrrole nitrogens is 1. The van der Waals surface area contributed by atoms with Crippen LogP contribution in [0.1, 0.15) is 0 Å². The molecular weight excluding hydrogens is 335 g/mol. The molecule has 0 aliphatic rings. The van der Waals surface area contributed by atoms with E-state index < -0.39 is 17.2 Å². The van der Waals surface area contributed by atoms with Gasteiger partial charge >= 0.3 is 5.69 Å². The highest BCUT2D eigenvalue weighted by molar-refractivity contribution is 7.14. The lowest BCUT2D eigenvalue weighted by atomic mass is 10.2. The molecule has 3 aromatic rings. The van der Waals surface area contributed by atoms with Gasteiger partial charge in [0.25, 0.3) is 5.56 Å². The topological polar surface area (TPSA) is 96.9 Å². The second-order valence-corrected chi connectivity index (χ2v) is 5.69. The van der Waals surface area contributed by atoms with Crippen molar-refractivity contribution < 1.29 is 9.18 Å². The number of hydrogen-bond acceptors (Lipinski definition) is 5. The Morgan fingerprint density at radius 1 is 1.25 bits per heavy atom. The Hall–Kier alpha value is -3.07. The van der Waals surface area contributed by atoms with Crippen molar-refractivity contribution in [2.75, 3.05) is 5.32 Å². The normalized spacial score (nSPS) is 10.5. The van der Waals surface area contributed by atoms with Gasteiger partial charge in [-0.1, -0.05) is 0 Å². The third-order valence-electron chi connectivity index (χ3n) is 3.10. The van der Waals surface area contributed by atoms with E-state index in [0.717, 1.165) is 16.2 Å². The summed E-state index contributed by atoms with van der Waals surface area (Å²) in [6.45, 7) is -0.249. The molecule has 2 aromatic heterocycles. The van der Waals surface area contributed by atoms with E-state index in [4.69, 9.17) is 0 Å². The lowest BCUT2D eigenvalue weighted by Gasteiger charge is -2.04. The van der Waals surface area contributed by atoms with Gasteiger partial charge in [0.15, 0.2) is 5.13 Å². The fourth-order valence-electron chi connectivity index (χ4n) is 1.97. The number of benzene rings is 1. The third kappa shape index (κ3) is 3.63. The number of nitrogens with one attached hydrogen (secondary N) is 2. The Kier molecular flexibility index (Phi) is 4.34. The van der Waals surface area contributed by atoms with Gasteiger partial charge in [0.05, 0.1) is 5.69 Å². The largest absolute Gasteiger partial charge is 0.328 e. The smallest absolute Gasteiger partial charge is 0.300 e. The fraction of sp³-hybridized carbons (Fsp3) is 0.0667. The van der Waals surface area contributed by atoms with Crippen LogP contribution >= 0.6 is 11.3 Å². The molecule has 2 N–H and O–H groups in total. The summed E-state index contributed by atoms with van der Waals surface area (Å²) in [7, 11) is 0. The summed E-state index contributed by atoms with van der Waals surface area (Å²) in [5, 5.41) is 4.67. The van der Waals surface area contributed by atoms with Gasteiger partial charge in [0, 0.05) is 23.2 Å². The van der Waals surface area contributed by atoms with Crippen LogP contribution in [-0.2, 0) is 11.3 Å². The second kappa shape index (κ2) is 6.59. The highest BCUT2D eigenvalue weighted by Gasteiger charge is 2.09. The predicted molar refractivity (Wildman–Crippen MR) is 87.5 cm³/mol. The molecule has 0 radical (unpaired) electrons. The molecule has 0 unspecified atom stereocenters. The summed E-state index contributed by atoms with van der Waals surface area (Å²) in [5.41, 5.74) is 0.144. The van der Waals surface area contributed by atoms with Crippen LogP contribution in [0, 0.1) is 5.82 Å². The maximum atomic E-state index is 12.9. The number of nitrogens with zero attached hydrogens (tertiary/aromatic N) is 2. The minimum absolute atomic E-state index is 0.249. The van der Waals surface area contributed by atoms with Crippen LogP contribution in [0.2, 0.25) is 0 Å². The van der Waals surface area contributed by atoms with E-state index in [1.54, 1.807) is 17.5 Å². The van der Waals surface area contributed by atoms with Crippen LogP contribution in [-0.4, -0.2) is 20.4 Å². The van der Waals surface area contributed by atoms with Gasteiger partial charge in [-0.3, -0.25) is 19.1 Å². The molecule has 9 heteroatoms. The van der Waals surface area contributed by atoms with Crippen molar-refractivity contribution in [2.45, 2.75) is 6.54 Å². The van der Waals surface area contributed by atoms with Gasteiger partial charge in [-0.2, -0.15) is 0 Å². The highest BCUT2D eigenvalue weighted by Crippen LogP contribution is 2.24. The summed E-state index contributed by atoms with van der Waals surface area (Å²) >= 11 is 1.21. The summed E-state index contributed by atoms with van der Waals surface area (Å²) in [5.74, 6) is -0.794. The number of halogens is 1. The van der Waals surface area contributed by atoms with E-state index in [1.807, 2.05) is 0 Å². The van der Waals surface area contributed by atoms with Crippen molar-refractivity contribution in [3.63, 3.8) is 0 Å².